The first-order valence-corrected chi connectivity index (χ1v) is 8.08. The molecule has 0 aliphatic carbocycles. The average Bonchev–Trinajstić information content (AvgIpc) is 3.02. The van der Waals surface area contributed by atoms with Gasteiger partial charge < -0.3 is 15.7 Å². The Bertz CT molecular complexity index is 679. The van der Waals surface area contributed by atoms with Gasteiger partial charge in [-0.05, 0) is 18.2 Å². The fraction of sp³-hybridized carbons (Fsp3) is 0.400. The van der Waals surface area contributed by atoms with Gasteiger partial charge in [0.05, 0.1) is 17.2 Å². The maximum atomic E-state index is 12.3. The van der Waals surface area contributed by atoms with Crippen molar-refractivity contribution >= 4 is 33.7 Å². The third-order valence-electron chi connectivity index (χ3n) is 4.10. The Kier molecular flexibility index (Phi) is 4.47. The van der Waals surface area contributed by atoms with Crippen molar-refractivity contribution in [2.75, 3.05) is 26.2 Å². The molecule has 0 saturated carbocycles. The van der Waals surface area contributed by atoms with Crippen LogP contribution in [0.4, 0.5) is 0 Å². The van der Waals surface area contributed by atoms with Gasteiger partial charge in [-0.2, -0.15) is 0 Å². The molecule has 1 aromatic carbocycles. The lowest BCUT2D eigenvalue weighted by atomic mass is 10.1. The van der Waals surface area contributed by atoms with Crippen molar-refractivity contribution in [3.8, 4) is 0 Å². The highest BCUT2D eigenvalue weighted by atomic mass is 79.9. The van der Waals surface area contributed by atoms with Crippen LogP contribution in [0.15, 0.2) is 22.7 Å². The number of imide groups is 1. The zero-order valence-corrected chi connectivity index (χ0v) is 13.8. The van der Waals surface area contributed by atoms with Crippen molar-refractivity contribution in [3.05, 3.63) is 33.8 Å². The summed E-state index contributed by atoms with van der Waals surface area (Å²) in [5, 5.41) is 15.4. The fourth-order valence-electron chi connectivity index (χ4n) is 2.78. The van der Waals surface area contributed by atoms with Crippen LogP contribution >= 0.6 is 15.9 Å². The number of carbonyl (C=O) groups is 3. The van der Waals surface area contributed by atoms with Crippen LogP contribution in [0.2, 0.25) is 0 Å². The van der Waals surface area contributed by atoms with Crippen LogP contribution in [0, 0.1) is 5.92 Å². The lowest BCUT2D eigenvalue weighted by Gasteiger charge is -2.17. The minimum Gasteiger partial charge on any atom is -0.391 e. The number of fused-ring (bicyclic) bond motifs is 1. The van der Waals surface area contributed by atoms with Crippen molar-refractivity contribution in [1.29, 1.82) is 0 Å². The van der Waals surface area contributed by atoms with Crippen LogP contribution in [0.1, 0.15) is 20.7 Å². The number of β-amino-alcohol motifs (C(OH)–C–C–N with tert-alkyl or cyclic N) is 1. The van der Waals surface area contributed by atoms with E-state index in [-0.39, 0.29) is 12.5 Å². The molecule has 8 heteroatoms. The molecule has 1 fully saturated rings. The second-order valence-electron chi connectivity index (χ2n) is 5.68. The van der Waals surface area contributed by atoms with Gasteiger partial charge in [0.1, 0.15) is 6.54 Å². The third kappa shape index (κ3) is 3.15. The molecule has 3 amide bonds. The third-order valence-corrected chi connectivity index (χ3v) is 4.59. The molecule has 0 radical (unpaired) electrons. The van der Waals surface area contributed by atoms with E-state index >= 15 is 0 Å². The van der Waals surface area contributed by atoms with Crippen LogP contribution in [0.5, 0.6) is 0 Å². The smallest absolute Gasteiger partial charge is 0.262 e. The van der Waals surface area contributed by atoms with Crippen molar-refractivity contribution in [1.82, 2.24) is 15.5 Å². The number of halogens is 1. The normalized spacial score (nSPS) is 23.3. The molecule has 3 rings (SSSR count). The number of hydrogen-bond donors (Lipinski definition) is 3. The summed E-state index contributed by atoms with van der Waals surface area (Å²) in [4.78, 5) is 37.4. The molecule has 2 atom stereocenters. The van der Waals surface area contributed by atoms with E-state index in [1.165, 1.54) is 0 Å². The number of aliphatic hydroxyl groups excluding tert-OH is 1. The second-order valence-corrected chi connectivity index (χ2v) is 6.59. The van der Waals surface area contributed by atoms with Gasteiger partial charge in [0, 0.05) is 30.0 Å². The van der Waals surface area contributed by atoms with Gasteiger partial charge in [0.15, 0.2) is 0 Å². The second kappa shape index (κ2) is 6.38. The summed E-state index contributed by atoms with van der Waals surface area (Å²) in [5.74, 6) is -1.41. The minimum absolute atomic E-state index is 0.0583. The zero-order chi connectivity index (χ0) is 16.6. The van der Waals surface area contributed by atoms with Gasteiger partial charge in [-0.25, -0.2) is 0 Å². The molecule has 122 valence electrons. The molecule has 1 saturated heterocycles. The number of carbonyl (C=O) groups excluding carboxylic acids is 3. The van der Waals surface area contributed by atoms with Gasteiger partial charge in [0.2, 0.25) is 5.91 Å². The lowest BCUT2D eigenvalue weighted by molar-refractivity contribution is -0.121. The monoisotopic (exact) mass is 381 g/mol. The number of rotatable bonds is 4. The van der Waals surface area contributed by atoms with Crippen LogP contribution in [0.25, 0.3) is 0 Å². The van der Waals surface area contributed by atoms with Crippen molar-refractivity contribution in [2.45, 2.75) is 6.10 Å². The topological polar surface area (TPSA) is 98.7 Å². The summed E-state index contributed by atoms with van der Waals surface area (Å²) in [5.41, 5.74) is 0.606. The summed E-state index contributed by atoms with van der Waals surface area (Å²) in [6.07, 6.45) is -0.494. The molecule has 2 aliphatic rings. The summed E-state index contributed by atoms with van der Waals surface area (Å²) in [6.45, 7) is 1.12. The highest BCUT2D eigenvalue weighted by Crippen LogP contribution is 2.25. The average molecular weight is 382 g/mol. The maximum Gasteiger partial charge on any atom is 0.262 e. The van der Waals surface area contributed by atoms with E-state index in [0.717, 1.165) is 4.90 Å². The highest BCUT2D eigenvalue weighted by Gasteiger charge is 2.36. The Balaban J connectivity index is 1.61. The Labute approximate surface area is 141 Å². The van der Waals surface area contributed by atoms with Crippen molar-refractivity contribution in [2.24, 2.45) is 5.92 Å². The van der Waals surface area contributed by atoms with Gasteiger partial charge >= 0.3 is 0 Å². The number of nitrogens with one attached hydrogen (secondary N) is 2. The largest absolute Gasteiger partial charge is 0.391 e. The van der Waals surface area contributed by atoms with Crippen molar-refractivity contribution in [3.63, 3.8) is 0 Å². The molecule has 0 bridgehead atoms. The fourth-order valence-corrected chi connectivity index (χ4v) is 3.14. The number of benzene rings is 1. The van der Waals surface area contributed by atoms with Gasteiger partial charge in [-0.1, -0.05) is 15.9 Å². The van der Waals surface area contributed by atoms with Crippen molar-refractivity contribution < 1.29 is 19.5 Å². The number of hydrogen-bond acceptors (Lipinski definition) is 5. The molecule has 7 nitrogen and oxygen atoms in total. The van der Waals surface area contributed by atoms with E-state index in [9.17, 15) is 19.5 Å². The van der Waals surface area contributed by atoms with Crippen LogP contribution in [-0.4, -0.2) is 60.0 Å². The molecule has 2 heterocycles. The van der Waals surface area contributed by atoms with E-state index in [1.54, 1.807) is 18.2 Å². The molecule has 2 aliphatic heterocycles. The van der Waals surface area contributed by atoms with Crippen LogP contribution in [0.3, 0.4) is 0 Å². The Morgan fingerprint density at radius 2 is 2.04 bits per heavy atom. The predicted molar refractivity (Wildman–Crippen MR) is 84.9 cm³/mol. The van der Waals surface area contributed by atoms with E-state index in [2.05, 4.69) is 26.6 Å². The summed E-state index contributed by atoms with van der Waals surface area (Å²) < 4.78 is 0.700. The summed E-state index contributed by atoms with van der Waals surface area (Å²) in [7, 11) is 0. The Hall–Kier alpha value is -1.77. The molecule has 23 heavy (non-hydrogen) atoms. The first-order chi connectivity index (χ1) is 11.0. The molecular weight excluding hydrogens is 366 g/mol. The quantitative estimate of drug-likeness (QED) is 0.624. The van der Waals surface area contributed by atoms with E-state index in [0.29, 0.717) is 35.2 Å². The Morgan fingerprint density at radius 3 is 2.74 bits per heavy atom. The van der Waals surface area contributed by atoms with Gasteiger partial charge in [0.25, 0.3) is 11.8 Å². The number of nitrogens with zero attached hydrogens (tertiary/aromatic N) is 1. The minimum atomic E-state index is -0.494. The standard InChI is InChI=1S/C15H16BrN3O4/c16-9-1-2-10-11(3-9)15(23)19(14(10)22)7-13(21)18-5-8-4-17-6-12(8)20/h1-3,8,12,17,20H,4-7H2,(H,18,21). The summed E-state index contributed by atoms with van der Waals surface area (Å²) >= 11 is 3.26. The molecule has 3 N–H and O–H groups in total. The van der Waals surface area contributed by atoms with E-state index < -0.39 is 23.8 Å². The first kappa shape index (κ1) is 16.1. The first-order valence-electron chi connectivity index (χ1n) is 7.28. The number of amides is 3. The van der Waals surface area contributed by atoms with Gasteiger partial charge in [-0.3, -0.25) is 19.3 Å². The van der Waals surface area contributed by atoms with Gasteiger partial charge in [-0.15, -0.1) is 0 Å². The van der Waals surface area contributed by atoms with E-state index in [4.69, 9.17) is 0 Å². The van der Waals surface area contributed by atoms with E-state index in [1.807, 2.05) is 0 Å². The molecule has 1 aromatic rings. The zero-order valence-electron chi connectivity index (χ0n) is 12.2. The van der Waals surface area contributed by atoms with Crippen LogP contribution in [-0.2, 0) is 4.79 Å². The SMILES string of the molecule is O=C(CN1C(=O)c2ccc(Br)cc2C1=O)NCC1CNCC1O. The molecule has 0 spiro atoms. The van der Waals surface area contributed by atoms with Crippen LogP contribution < -0.4 is 10.6 Å². The Morgan fingerprint density at radius 1 is 1.30 bits per heavy atom. The molecule has 2 unspecified atom stereocenters. The predicted octanol–water partition coefficient (Wildman–Crippen LogP) is -0.258. The lowest BCUT2D eigenvalue weighted by Crippen LogP contribution is -2.42. The maximum absolute atomic E-state index is 12.3. The molecular formula is C15H16BrN3O4. The number of aliphatic hydroxyl groups is 1. The highest BCUT2D eigenvalue weighted by molar-refractivity contribution is 9.10. The molecule has 0 aromatic heterocycles. The summed E-state index contributed by atoms with van der Waals surface area (Å²) in [6, 6.07) is 4.83.